The number of aromatic nitrogens is 1. The first-order valence-electron chi connectivity index (χ1n) is 5.53. The van der Waals surface area contributed by atoms with Crippen LogP contribution in [0.2, 0.25) is 5.02 Å². The lowest BCUT2D eigenvalue weighted by Gasteiger charge is -2.10. The molecule has 0 aliphatic carbocycles. The molecule has 2 aromatic rings. The molecule has 0 fully saturated rings. The molecule has 0 amide bonds. The van der Waals surface area contributed by atoms with Gasteiger partial charge in [0.05, 0.1) is 5.69 Å². The molecule has 0 saturated heterocycles. The van der Waals surface area contributed by atoms with E-state index >= 15 is 0 Å². The molecule has 0 saturated carbocycles. The highest BCUT2D eigenvalue weighted by molar-refractivity contribution is 7.92. The summed E-state index contributed by atoms with van der Waals surface area (Å²) in [6.45, 7) is 4.93. The third-order valence-corrected chi connectivity index (χ3v) is 4.52. The fraction of sp³-hybridized carbons (Fsp3) is 0.250. The minimum Gasteiger partial charge on any atom is -0.360 e. The van der Waals surface area contributed by atoms with Crippen LogP contribution < -0.4 is 4.72 Å². The summed E-state index contributed by atoms with van der Waals surface area (Å²) in [5, 5.41) is 4.10. The third kappa shape index (κ3) is 2.74. The lowest BCUT2D eigenvalue weighted by atomic mass is 10.2. The van der Waals surface area contributed by atoms with Gasteiger partial charge in [-0.05, 0) is 38.5 Å². The number of nitrogens with zero attached hydrogens (tertiary/aromatic N) is 1. The zero-order valence-electron chi connectivity index (χ0n) is 10.7. The molecule has 0 bridgehead atoms. The Morgan fingerprint density at radius 1 is 1.26 bits per heavy atom. The van der Waals surface area contributed by atoms with Crippen LogP contribution in [0.3, 0.4) is 0 Å². The van der Waals surface area contributed by atoms with Gasteiger partial charge in [0.2, 0.25) is 0 Å². The monoisotopic (exact) mass is 300 g/mol. The lowest BCUT2D eigenvalue weighted by Crippen LogP contribution is -2.15. The van der Waals surface area contributed by atoms with E-state index < -0.39 is 10.0 Å². The Bertz CT molecular complexity index is 703. The van der Waals surface area contributed by atoms with Crippen LogP contribution in [0.5, 0.6) is 0 Å². The maximum absolute atomic E-state index is 12.3. The topological polar surface area (TPSA) is 72.2 Å². The standard InChI is InChI=1S/C12H13ClN2O3S/c1-7-4-5-10(13)6-11(7)15-19(16,17)12-8(2)14-18-9(12)3/h4-6,15H,1-3H3. The number of nitrogens with one attached hydrogen (secondary N) is 1. The van der Waals surface area contributed by atoms with Crippen LogP contribution >= 0.6 is 11.6 Å². The van der Waals surface area contributed by atoms with E-state index in [0.29, 0.717) is 16.4 Å². The van der Waals surface area contributed by atoms with Crippen molar-refractivity contribution >= 4 is 27.3 Å². The van der Waals surface area contributed by atoms with E-state index in [-0.39, 0.29) is 10.7 Å². The second-order valence-electron chi connectivity index (χ2n) is 4.22. The van der Waals surface area contributed by atoms with E-state index in [0.717, 1.165) is 5.56 Å². The van der Waals surface area contributed by atoms with Crippen molar-refractivity contribution in [3.05, 3.63) is 40.2 Å². The van der Waals surface area contributed by atoms with Crippen LogP contribution in [0.4, 0.5) is 5.69 Å². The van der Waals surface area contributed by atoms with Gasteiger partial charge in [0.25, 0.3) is 10.0 Å². The minimum absolute atomic E-state index is 0.0619. The van der Waals surface area contributed by atoms with Crippen molar-refractivity contribution in [2.75, 3.05) is 4.72 Å². The van der Waals surface area contributed by atoms with E-state index in [1.54, 1.807) is 39.0 Å². The molecule has 1 N–H and O–H groups in total. The molecule has 19 heavy (non-hydrogen) atoms. The van der Waals surface area contributed by atoms with Gasteiger partial charge in [0.1, 0.15) is 5.69 Å². The average molecular weight is 301 g/mol. The SMILES string of the molecule is Cc1ccc(Cl)cc1NS(=O)(=O)c1c(C)noc1C. The molecule has 1 aromatic carbocycles. The largest absolute Gasteiger partial charge is 0.360 e. The Labute approximate surface area is 116 Å². The average Bonchev–Trinajstić information content (AvgIpc) is 2.64. The van der Waals surface area contributed by atoms with Gasteiger partial charge >= 0.3 is 0 Å². The number of anilines is 1. The van der Waals surface area contributed by atoms with E-state index in [1.165, 1.54) is 0 Å². The highest BCUT2D eigenvalue weighted by Gasteiger charge is 2.24. The molecule has 0 atom stereocenters. The van der Waals surface area contributed by atoms with Crippen LogP contribution in [0.25, 0.3) is 0 Å². The summed E-state index contributed by atoms with van der Waals surface area (Å²) in [6, 6.07) is 5.00. The molecule has 1 heterocycles. The summed E-state index contributed by atoms with van der Waals surface area (Å²) in [7, 11) is -3.74. The molecule has 0 unspecified atom stereocenters. The maximum atomic E-state index is 12.3. The molecule has 5 nitrogen and oxygen atoms in total. The number of hydrogen-bond donors (Lipinski definition) is 1. The highest BCUT2D eigenvalue weighted by atomic mass is 35.5. The summed E-state index contributed by atoms with van der Waals surface area (Å²) in [4.78, 5) is 0.0619. The van der Waals surface area contributed by atoms with Gasteiger partial charge in [-0.25, -0.2) is 8.42 Å². The van der Waals surface area contributed by atoms with Gasteiger partial charge in [-0.15, -0.1) is 0 Å². The first-order valence-corrected chi connectivity index (χ1v) is 7.39. The second-order valence-corrected chi connectivity index (χ2v) is 6.27. The van der Waals surface area contributed by atoms with Crippen molar-refractivity contribution in [2.45, 2.75) is 25.7 Å². The van der Waals surface area contributed by atoms with E-state index in [4.69, 9.17) is 16.1 Å². The van der Waals surface area contributed by atoms with Crippen LogP contribution in [-0.4, -0.2) is 13.6 Å². The number of aryl methyl sites for hydroxylation is 3. The van der Waals surface area contributed by atoms with Crippen LogP contribution in [0.1, 0.15) is 17.0 Å². The van der Waals surface area contributed by atoms with Crippen LogP contribution in [0, 0.1) is 20.8 Å². The minimum atomic E-state index is -3.74. The predicted octanol–water partition coefficient (Wildman–Crippen LogP) is 3.05. The second kappa shape index (κ2) is 4.86. The maximum Gasteiger partial charge on any atom is 0.267 e. The molecular weight excluding hydrogens is 288 g/mol. The fourth-order valence-corrected chi connectivity index (χ4v) is 3.38. The molecule has 7 heteroatoms. The zero-order valence-corrected chi connectivity index (χ0v) is 12.3. The van der Waals surface area contributed by atoms with Crippen molar-refractivity contribution < 1.29 is 12.9 Å². The number of halogens is 1. The predicted molar refractivity (Wildman–Crippen MR) is 73.0 cm³/mol. The molecule has 0 radical (unpaired) electrons. The fourth-order valence-electron chi connectivity index (χ4n) is 1.76. The van der Waals surface area contributed by atoms with Crippen molar-refractivity contribution in [1.82, 2.24) is 5.16 Å². The number of sulfonamides is 1. The van der Waals surface area contributed by atoms with E-state index in [2.05, 4.69) is 9.88 Å². The Morgan fingerprint density at radius 2 is 1.95 bits per heavy atom. The Balaban J connectivity index is 2.45. The first-order chi connectivity index (χ1) is 8.81. The molecule has 2 rings (SSSR count). The lowest BCUT2D eigenvalue weighted by molar-refractivity contribution is 0.390. The van der Waals surface area contributed by atoms with Crippen LogP contribution in [-0.2, 0) is 10.0 Å². The Morgan fingerprint density at radius 3 is 2.53 bits per heavy atom. The third-order valence-electron chi connectivity index (χ3n) is 2.68. The van der Waals surface area contributed by atoms with Crippen LogP contribution in [0.15, 0.2) is 27.6 Å². The molecule has 0 aliphatic heterocycles. The summed E-state index contributed by atoms with van der Waals surface area (Å²) in [5.41, 5.74) is 1.54. The Hall–Kier alpha value is -1.53. The summed E-state index contributed by atoms with van der Waals surface area (Å²) in [6.07, 6.45) is 0. The molecule has 102 valence electrons. The van der Waals surface area contributed by atoms with Crippen molar-refractivity contribution in [3.8, 4) is 0 Å². The van der Waals surface area contributed by atoms with Crippen molar-refractivity contribution in [3.63, 3.8) is 0 Å². The van der Waals surface area contributed by atoms with Gasteiger partial charge in [-0.3, -0.25) is 4.72 Å². The van der Waals surface area contributed by atoms with Gasteiger partial charge in [-0.2, -0.15) is 0 Å². The quantitative estimate of drug-likeness (QED) is 0.945. The summed E-state index contributed by atoms with van der Waals surface area (Å²) in [5.74, 6) is 0.254. The Kier molecular flexibility index (Phi) is 3.56. The first kappa shape index (κ1) is 13.9. The summed E-state index contributed by atoms with van der Waals surface area (Å²) < 4.78 is 32.0. The van der Waals surface area contributed by atoms with Crippen molar-refractivity contribution in [2.24, 2.45) is 0 Å². The van der Waals surface area contributed by atoms with Gasteiger partial charge in [-0.1, -0.05) is 22.8 Å². The highest BCUT2D eigenvalue weighted by Crippen LogP contribution is 2.26. The smallest absolute Gasteiger partial charge is 0.267 e. The summed E-state index contributed by atoms with van der Waals surface area (Å²) >= 11 is 5.87. The number of rotatable bonds is 3. The zero-order chi connectivity index (χ0) is 14.2. The molecule has 1 aromatic heterocycles. The van der Waals surface area contributed by atoms with E-state index in [1.807, 2.05) is 0 Å². The number of hydrogen-bond acceptors (Lipinski definition) is 4. The van der Waals surface area contributed by atoms with Gasteiger partial charge in [0.15, 0.2) is 10.7 Å². The molecule has 0 spiro atoms. The van der Waals surface area contributed by atoms with Gasteiger partial charge < -0.3 is 4.52 Å². The molecular formula is C12H13ClN2O3S. The van der Waals surface area contributed by atoms with Crippen molar-refractivity contribution in [1.29, 1.82) is 0 Å². The molecule has 0 aliphatic rings. The van der Waals surface area contributed by atoms with E-state index in [9.17, 15) is 8.42 Å². The van der Waals surface area contributed by atoms with Gasteiger partial charge in [0, 0.05) is 5.02 Å². The number of benzene rings is 1. The normalized spacial score (nSPS) is 11.6.